The van der Waals surface area contributed by atoms with E-state index in [1.165, 1.54) is 0 Å². The first kappa shape index (κ1) is 24.3. The summed E-state index contributed by atoms with van der Waals surface area (Å²) in [5, 5.41) is 2.90. The van der Waals surface area contributed by atoms with Gasteiger partial charge < -0.3 is 10.2 Å². The molecular weight excluding hydrogens is 402 g/mol. The van der Waals surface area contributed by atoms with Crippen LogP contribution in [0.2, 0.25) is 0 Å². The fourth-order valence-corrected chi connectivity index (χ4v) is 4.42. The van der Waals surface area contributed by atoms with Crippen LogP contribution in [0.15, 0.2) is 24.3 Å². The number of hydrogen-bond acceptors (Lipinski definition) is 4. The zero-order valence-electron chi connectivity index (χ0n) is 18.9. The van der Waals surface area contributed by atoms with Crippen LogP contribution in [-0.4, -0.2) is 56.6 Å². The molecule has 2 rings (SSSR count). The predicted octanol–water partition coefficient (Wildman–Crippen LogP) is 2.28. The molecule has 2 amide bonds. The van der Waals surface area contributed by atoms with Crippen molar-refractivity contribution in [2.45, 2.75) is 65.0 Å². The van der Waals surface area contributed by atoms with Crippen molar-refractivity contribution in [2.75, 3.05) is 19.3 Å². The molecule has 1 aliphatic rings. The van der Waals surface area contributed by atoms with Crippen molar-refractivity contribution in [3.8, 4) is 0 Å². The van der Waals surface area contributed by atoms with E-state index in [2.05, 4.69) is 30.8 Å². The van der Waals surface area contributed by atoms with E-state index in [0.29, 0.717) is 31.5 Å². The number of nitrogens with zero attached hydrogens (tertiary/aromatic N) is 1. The monoisotopic (exact) mass is 437 g/mol. The summed E-state index contributed by atoms with van der Waals surface area (Å²) in [6.45, 7) is 11.1. The van der Waals surface area contributed by atoms with Crippen LogP contribution in [0.1, 0.15) is 63.4 Å². The highest BCUT2D eigenvalue weighted by Crippen LogP contribution is 2.22. The van der Waals surface area contributed by atoms with Crippen LogP contribution in [-0.2, 0) is 20.2 Å². The topological polar surface area (TPSA) is 95.6 Å². The molecule has 1 heterocycles. The van der Waals surface area contributed by atoms with E-state index in [0.717, 1.165) is 11.8 Å². The molecule has 0 aromatic heterocycles. The SMILES string of the molecule is CC(C)C(NC(=O)c1ccc(C(C)(C)C)cc1)C(=O)N1CCC(NS(C)(=O)=O)CC1. The molecule has 2 N–H and O–H groups in total. The minimum Gasteiger partial charge on any atom is -0.341 e. The van der Waals surface area contributed by atoms with Crippen LogP contribution in [0.4, 0.5) is 0 Å². The lowest BCUT2D eigenvalue weighted by Crippen LogP contribution is -2.54. The number of carbonyl (C=O) groups is 2. The average molecular weight is 438 g/mol. The molecule has 1 unspecified atom stereocenters. The van der Waals surface area contributed by atoms with Gasteiger partial charge in [-0.25, -0.2) is 13.1 Å². The molecule has 1 fully saturated rings. The maximum Gasteiger partial charge on any atom is 0.251 e. The summed E-state index contributed by atoms with van der Waals surface area (Å²) in [5.74, 6) is -0.458. The molecule has 0 aliphatic carbocycles. The van der Waals surface area contributed by atoms with E-state index in [9.17, 15) is 18.0 Å². The van der Waals surface area contributed by atoms with Gasteiger partial charge in [0.25, 0.3) is 5.91 Å². The predicted molar refractivity (Wildman–Crippen MR) is 119 cm³/mol. The number of benzene rings is 1. The quantitative estimate of drug-likeness (QED) is 0.714. The minimum absolute atomic E-state index is 0.00350. The second-order valence-corrected chi connectivity index (χ2v) is 11.3. The first-order valence-corrected chi connectivity index (χ1v) is 12.3. The number of rotatable bonds is 6. The number of hydrogen-bond donors (Lipinski definition) is 2. The molecule has 30 heavy (non-hydrogen) atoms. The molecule has 0 bridgehead atoms. The van der Waals surface area contributed by atoms with Gasteiger partial charge >= 0.3 is 0 Å². The van der Waals surface area contributed by atoms with Crippen LogP contribution in [0.25, 0.3) is 0 Å². The van der Waals surface area contributed by atoms with E-state index in [-0.39, 0.29) is 29.2 Å². The standard InChI is InChI=1S/C22H35N3O4S/c1-15(2)19(21(27)25-13-11-18(12-14-25)24-30(6,28)29)23-20(26)16-7-9-17(10-8-16)22(3,4)5/h7-10,15,18-19,24H,11-14H2,1-6H3,(H,23,26). The van der Waals surface area contributed by atoms with E-state index in [1.54, 1.807) is 17.0 Å². The van der Waals surface area contributed by atoms with E-state index in [4.69, 9.17) is 0 Å². The second-order valence-electron chi connectivity index (χ2n) is 9.51. The molecule has 7 nitrogen and oxygen atoms in total. The molecule has 0 saturated carbocycles. The van der Waals surface area contributed by atoms with Crippen molar-refractivity contribution >= 4 is 21.8 Å². The molecular formula is C22H35N3O4S. The van der Waals surface area contributed by atoms with Crippen LogP contribution in [0.5, 0.6) is 0 Å². The Kier molecular flexibility index (Phi) is 7.69. The number of likely N-dealkylation sites (tertiary alicyclic amines) is 1. The van der Waals surface area contributed by atoms with Gasteiger partial charge in [-0.1, -0.05) is 46.8 Å². The molecule has 0 spiro atoms. The third kappa shape index (κ3) is 6.80. The Balaban J connectivity index is 2.02. The lowest BCUT2D eigenvalue weighted by Gasteiger charge is -2.35. The Labute approximate surface area is 180 Å². The highest BCUT2D eigenvalue weighted by molar-refractivity contribution is 7.88. The van der Waals surface area contributed by atoms with Gasteiger partial charge in [0.2, 0.25) is 15.9 Å². The Morgan fingerprint density at radius 2 is 1.60 bits per heavy atom. The number of piperidine rings is 1. The summed E-state index contributed by atoms with van der Waals surface area (Å²) in [6, 6.07) is 6.69. The van der Waals surface area contributed by atoms with E-state index < -0.39 is 16.1 Å². The summed E-state index contributed by atoms with van der Waals surface area (Å²) in [5.41, 5.74) is 1.67. The van der Waals surface area contributed by atoms with E-state index >= 15 is 0 Å². The van der Waals surface area contributed by atoms with Crippen LogP contribution in [0, 0.1) is 5.92 Å². The lowest BCUT2D eigenvalue weighted by molar-refractivity contribution is -0.135. The van der Waals surface area contributed by atoms with Crippen LogP contribution in [0.3, 0.4) is 0 Å². The fourth-order valence-electron chi connectivity index (χ4n) is 3.58. The van der Waals surface area contributed by atoms with Crippen molar-refractivity contribution in [3.05, 3.63) is 35.4 Å². The zero-order valence-corrected chi connectivity index (χ0v) is 19.7. The average Bonchev–Trinajstić information content (AvgIpc) is 2.64. The summed E-state index contributed by atoms with van der Waals surface area (Å²) in [4.78, 5) is 27.5. The van der Waals surface area contributed by atoms with Gasteiger partial charge in [0.05, 0.1) is 6.26 Å². The van der Waals surface area contributed by atoms with Gasteiger partial charge in [-0.05, 0) is 41.9 Å². The Hall–Kier alpha value is -1.93. The lowest BCUT2D eigenvalue weighted by atomic mass is 9.86. The first-order valence-electron chi connectivity index (χ1n) is 10.5. The molecule has 1 atom stereocenters. The first-order chi connectivity index (χ1) is 13.8. The largest absolute Gasteiger partial charge is 0.341 e. The molecule has 1 saturated heterocycles. The second kappa shape index (κ2) is 9.47. The van der Waals surface area contributed by atoms with Gasteiger partial charge in [-0.15, -0.1) is 0 Å². The third-order valence-corrected chi connectivity index (χ3v) is 6.18. The summed E-state index contributed by atoms with van der Waals surface area (Å²) in [7, 11) is -3.26. The molecule has 168 valence electrons. The Bertz CT molecular complexity index is 849. The maximum absolute atomic E-state index is 13.1. The summed E-state index contributed by atoms with van der Waals surface area (Å²) >= 11 is 0. The maximum atomic E-state index is 13.1. The zero-order chi connectivity index (χ0) is 22.7. The fraction of sp³-hybridized carbons (Fsp3) is 0.636. The number of nitrogens with one attached hydrogen (secondary N) is 2. The van der Waals surface area contributed by atoms with Crippen LogP contribution < -0.4 is 10.0 Å². The summed E-state index contributed by atoms with van der Waals surface area (Å²) < 4.78 is 25.4. The Morgan fingerprint density at radius 3 is 2.03 bits per heavy atom. The highest BCUT2D eigenvalue weighted by atomic mass is 32.2. The summed E-state index contributed by atoms with van der Waals surface area (Å²) in [6.07, 6.45) is 2.26. The third-order valence-electron chi connectivity index (χ3n) is 5.42. The molecule has 8 heteroatoms. The molecule has 1 aromatic carbocycles. The van der Waals surface area contributed by atoms with Gasteiger partial charge in [-0.2, -0.15) is 0 Å². The van der Waals surface area contributed by atoms with E-state index in [1.807, 2.05) is 26.0 Å². The number of sulfonamides is 1. The van der Waals surface area contributed by atoms with Crippen molar-refractivity contribution < 1.29 is 18.0 Å². The van der Waals surface area contributed by atoms with Crippen molar-refractivity contribution in [2.24, 2.45) is 5.92 Å². The number of carbonyl (C=O) groups excluding carboxylic acids is 2. The van der Waals surface area contributed by atoms with Crippen molar-refractivity contribution in [3.63, 3.8) is 0 Å². The van der Waals surface area contributed by atoms with Gasteiger partial charge in [0, 0.05) is 24.7 Å². The molecule has 0 radical (unpaired) electrons. The van der Waals surface area contributed by atoms with Crippen molar-refractivity contribution in [1.82, 2.24) is 14.9 Å². The highest BCUT2D eigenvalue weighted by Gasteiger charge is 2.32. The number of amides is 2. The van der Waals surface area contributed by atoms with Gasteiger partial charge in [0.15, 0.2) is 0 Å². The van der Waals surface area contributed by atoms with Crippen LogP contribution >= 0.6 is 0 Å². The molecule has 1 aromatic rings. The minimum atomic E-state index is -3.26. The molecule has 1 aliphatic heterocycles. The smallest absolute Gasteiger partial charge is 0.251 e. The van der Waals surface area contributed by atoms with Crippen molar-refractivity contribution in [1.29, 1.82) is 0 Å². The van der Waals surface area contributed by atoms with Gasteiger partial charge in [-0.3, -0.25) is 9.59 Å². The normalized spacial score (nSPS) is 17.1. The Morgan fingerprint density at radius 1 is 1.07 bits per heavy atom. The van der Waals surface area contributed by atoms with Gasteiger partial charge in [0.1, 0.15) is 6.04 Å².